The van der Waals surface area contributed by atoms with Crippen LogP contribution >= 0.6 is 0 Å². The van der Waals surface area contributed by atoms with Crippen LogP contribution in [0.15, 0.2) is 6.33 Å². The SMILES string of the molecule is OCc1nc(CO)c2[nH]cnc2n1. The number of aromatic amines is 1. The fourth-order valence-corrected chi connectivity index (χ4v) is 1.13. The number of nitrogens with one attached hydrogen (secondary N) is 1. The molecule has 13 heavy (non-hydrogen) atoms. The number of hydrogen-bond acceptors (Lipinski definition) is 5. The van der Waals surface area contributed by atoms with E-state index in [1.165, 1.54) is 6.33 Å². The predicted molar refractivity (Wildman–Crippen MR) is 43.5 cm³/mol. The molecule has 0 aliphatic carbocycles. The van der Waals surface area contributed by atoms with E-state index in [1.54, 1.807) is 0 Å². The molecule has 2 rings (SSSR count). The van der Waals surface area contributed by atoms with Crippen molar-refractivity contribution in [2.45, 2.75) is 13.2 Å². The third-order valence-electron chi connectivity index (χ3n) is 1.70. The summed E-state index contributed by atoms with van der Waals surface area (Å²) in [5, 5.41) is 17.8. The van der Waals surface area contributed by atoms with Gasteiger partial charge in [-0.15, -0.1) is 0 Å². The largest absolute Gasteiger partial charge is 0.390 e. The summed E-state index contributed by atoms with van der Waals surface area (Å²) >= 11 is 0. The van der Waals surface area contributed by atoms with Crippen molar-refractivity contribution in [3.05, 3.63) is 17.8 Å². The number of aliphatic hydroxyl groups is 2. The molecule has 2 aromatic rings. The van der Waals surface area contributed by atoms with Gasteiger partial charge in [-0.05, 0) is 0 Å². The first kappa shape index (κ1) is 8.09. The average molecular weight is 180 g/mol. The number of aliphatic hydroxyl groups excluding tert-OH is 2. The summed E-state index contributed by atoms with van der Waals surface area (Å²) in [6.45, 7) is -0.454. The van der Waals surface area contributed by atoms with Crippen LogP contribution in [0.1, 0.15) is 11.5 Å². The van der Waals surface area contributed by atoms with Crippen molar-refractivity contribution in [2.75, 3.05) is 0 Å². The number of H-pyrrole nitrogens is 1. The van der Waals surface area contributed by atoms with Gasteiger partial charge in [0.1, 0.15) is 12.1 Å². The van der Waals surface area contributed by atoms with Crippen molar-refractivity contribution in [2.24, 2.45) is 0 Å². The van der Waals surface area contributed by atoms with Crippen LogP contribution in [0.2, 0.25) is 0 Å². The van der Waals surface area contributed by atoms with Crippen molar-refractivity contribution < 1.29 is 10.2 Å². The lowest BCUT2D eigenvalue weighted by Gasteiger charge is -1.99. The second kappa shape index (κ2) is 3.08. The second-order valence-electron chi connectivity index (χ2n) is 2.50. The molecule has 0 aliphatic heterocycles. The molecule has 0 aromatic carbocycles. The van der Waals surface area contributed by atoms with Crippen molar-refractivity contribution in [1.82, 2.24) is 19.9 Å². The van der Waals surface area contributed by atoms with Crippen LogP contribution in [-0.2, 0) is 13.2 Å². The topological polar surface area (TPSA) is 94.9 Å². The van der Waals surface area contributed by atoms with Crippen molar-refractivity contribution in [3.8, 4) is 0 Å². The molecule has 0 unspecified atom stereocenters. The highest BCUT2D eigenvalue weighted by Gasteiger charge is 2.07. The highest BCUT2D eigenvalue weighted by atomic mass is 16.3. The highest BCUT2D eigenvalue weighted by molar-refractivity contribution is 5.72. The third kappa shape index (κ3) is 1.25. The van der Waals surface area contributed by atoms with Gasteiger partial charge in [-0.1, -0.05) is 0 Å². The summed E-state index contributed by atoms with van der Waals surface area (Å²) in [5.74, 6) is 0.267. The Bertz CT molecular complexity index is 425. The maximum absolute atomic E-state index is 8.95. The molecule has 6 heteroatoms. The summed E-state index contributed by atoms with van der Waals surface area (Å²) in [6.07, 6.45) is 1.47. The number of imidazole rings is 1. The first-order chi connectivity index (χ1) is 6.35. The van der Waals surface area contributed by atoms with Gasteiger partial charge in [0.15, 0.2) is 11.5 Å². The maximum Gasteiger partial charge on any atom is 0.181 e. The van der Waals surface area contributed by atoms with Gasteiger partial charge in [0, 0.05) is 0 Å². The van der Waals surface area contributed by atoms with Gasteiger partial charge in [-0.3, -0.25) is 0 Å². The van der Waals surface area contributed by atoms with E-state index in [4.69, 9.17) is 10.2 Å². The zero-order valence-corrected chi connectivity index (χ0v) is 6.73. The molecule has 0 fully saturated rings. The molecular formula is C7H8N4O2. The Morgan fingerprint density at radius 3 is 2.77 bits per heavy atom. The monoisotopic (exact) mass is 180 g/mol. The molecule has 0 atom stereocenters. The second-order valence-corrected chi connectivity index (χ2v) is 2.50. The van der Waals surface area contributed by atoms with E-state index in [2.05, 4.69) is 19.9 Å². The van der Waals surface area contributed by atoms with Crippen molar-refractivity contribution in [3.63, 3.8) is 0 Å². The molecule has 0 saturated carbocycles. The molecule has 0 radical (unpaired) electrons. The van der Waals surface area contributed by atoms with E-state index in [0.29, 0.717) is 16.9 Å². The summed E-state index contributed by atoms with van der Waals surface area (Å²) in [5.41, 5.74) is 1.52. The van der Waals surface area contributed by atoms with Crippen LogP contribution in [0.4, 0.5) is 0 Å². The zero-order chi connectivity index (χ0) is 9.26. The van der Waals surface area contributed by atoms with Crippen LogP contribution in [-0.4, -0.2) is 30.1 Å². The molecular weight excluding hydrogens is 172 g/mol. The van der Waals surface area contributed by atoms with E-state index >= 15 is 0 Å². The van der Waals surface area contributed by atoms with Crippen LogP contribution in [0.5, 0.6) is 0 Å². The molecule has 0 spiro atoms. The first-order valence-electron chi connectivity index (χ1n) is 3.75. The quantitative estimate of drug-likeness (QED) is 0.570. The minimum Gasteiger partial charge on any atom is -0.390 e. The lowest BCUT2D eigenvalue weighted by atomic mass is 10.3. The minimum absolute atomic E-state index is 0.200. The maximum atomic E-state index is 8.95. The van der Waals surface area contributed by atoms with Gasteiger partial charge >= 0.3 is 0 Å². The zero-order valence-electron chi connectivity index (χ0n) is 6.73. The smallest absolute Gasteiger partial charge is 0.181 e. The Morgan fingerprint density at radius 1 is 1.23 bits per heavy atom. The summed E-state index contributed by atoms with van der Waals surface area (Å²) in [6, 6.07) is 0. The summed E-state index contributed by atoms with van der Waals surface area (Å²) < 4.78 is 0. The minimum atomic E-state index is -0.254. The van der Waals surface area contributed by atoms with Crippen LogP contribution in [0.25, 0.3) is 11.2 Å². The fourth-order valence-electron chi connectivity index (χ4n) is 1.13. The van der Waals surface area contributed by atoms with E-state index in [9.17, 15) is 0 Å². The molecule has 0 amide bonds. The van der Waals surface area contributed by atoms with Gasteiger partial charge in [0.25, 0.3) is 0 Å². The number of rotatable bonds is 2. The molecule has 0 saturated heterocycles. The Labute approximate surface area is 73.3 Å². The van der Waals surface area contributed by atoms with Crippen LogP contribution in [0, 0.1) is 0 Å². The molecule has 0 bridgehead atoms. The lowest BCUT2D eigenvalue weighted by Crippen LogP contribution is -2.00. The Balaban J connectivity index is 2.70. The van der Waals surface area contributed by atoms with Crippen LogP contribution in [0.3, 0.4) is 0 Å². The van der Waals surface area contributed by atoms with Gasteiger partial charge in [-0.25, -0.2) is 15.0 Å². The van der Waals surface area contributed by atoms with Gasteiger partial charge < -0.3 is 15.2 Å². The first-order valence-corrected chi connectivity index (χ1v) is 3.75. The van der Waals surface area contributed by atoms with Crippen LogP contribution < -0.4 is 0 Å². The standard InChI is InChI=1S/C7H8N4O2/c12-1-4-6-7(9-3-8-6)11-5(2-13)10-4/h3,12-13H,1-2H2,(H,8,9,10,11). The lowest BCUT2D eigenvalue weighted by molar-refractivity contribution is 0.263. The predicted octanol–water partition coefficient (Wildman–Crippen LogP) is -0.663. The average Bonchev–Trinajstić information content (AvgIpc) is 2.63. The Morgan fingerprint density at radius 2 is 2.08 bits per heavy atom. The number of hydrogen-bond donors (Lipinski definition) is 3. The number of fused-ring (bicyclic) bond motifs is 1. The number of nitrogens with zero attached hydrogens (tertiary/aromatic N) is 3. The Kier molecular flexibility index (Phi) is 1.91. The molecule has 3 N–H and O–H groups in total. The number of aromatic nitrogens is 4. The summed E-state index contributed by atoms with van der Waals surface area (Å²) in [7, 11) is 0. The van der Waals surface area contributed by atoms with E-state index in [-0.39, 0.29) is 19.0 Å². The third-order valence-corrected chi connectivity index (χ3v) is 1.70. The van der Waals surface area contributed by atoms with Gasteiger partial charge in [0.05, 0.1) is 18.6 Å². The van der Waals surface area contributed by atoms with Crippen molar-refractivity contribution in [1.29, 1.82) is 0 Å². The van der Waals surface area contributed by atoms with Gasteiger partial charge in [0.2, 0.25) is 0 Å². The Hall–Kier alpha value is -1.53. The fraction of sp³-hybridized carbons (Fsp3) is 0.286. The molecule has 68 valence electrons. The van der Waals surface area contributed by atoms with E-state index in [0.717, 1.165) is 0 Å². The normalized spacial score (nSPS) is 10.9. The molecule has 2 heterocycles. The van der Waals surface area contributed by atoms with Crippen molar-refractivity contribution >= 4 is 11.2 Å². The molecule has 2 aromatic heterocycles. The summed E-state index contributed by atoms with van der Waals surface area (Å²) in [4.78, 5) is 14.6. The highest BCUT2D eigenvalue weighted by Crippen LogP contribution is 2.10. The van der Waals surface area contributed by atoms with E-state index in [1.807, 2.05) is 0 Å². The molecule has 6 nitrogen and oxygen atoms in total. The van der Waals surface area contributed by atoms with Gasteiger partial charge in [-0.2, -0.15) is 0 Å². The molecule has 0 aliphatic rings. The van der Waals surface area contributed by atoms with E-state index < -0.39 is 0 Å².